The minimum absolute atomic E-state index is 0.127. The summed E-state index contributed by atoms with van der Waals surface area (Å²) in [5.74, 6) is -0.127. The van der Waals surface area contributed by atoms with Crippen LogP contribution in [0, 0.1) is 0 Å². The second-order valence-electron chi connectivity index (χ2n) is 3.83. The third kappa shape index (κ3) is 8.59. The van der Waals surface area contributed by atoms with Crippen molar-refractivity contribution in [1.82, 2.24) is 10.2 Å². The summed E-state index contributed by atoms with van der Waals surface area (Å²) in [5.41, 5.74) is 0. The van der Waals surface area contributed by atoms with E-state index in [-0.39, 0.29) is 5.91 Å². The van der Waals surface area contributed by atoms with E-state index in [9.17, 15) is 4.79 Å². The molecule has 0 aliphatic rings. The lowest BCUT2D eigenvalue weighted by molar-refractivity contribution is -0.116. The lowest BCUT2D eigenvalue weighted by Crippen LogP contribution is -2.30. The predicted octanol–water partition coefficient (Wildman–Crippen LogP) is 0.674. The molecule has 0 aliphatic carbocycles. The number of hydrogen-bond donors (Lipinski definition) is 1. The van der Waals surface area contributed by atoms with Crippen LogP contribution in [-0.4, -0.2) is 57.5 Å². The third-order valence-electron chi connectivity index (χ3n) is 2.48. The second-order valence-corrected chi connectivity index (χ2v) is 3.83. The van der Waals surface area contributed by atoms with Crippen molar-refractivity contribution in [2.75, 3.05) is 34.5 Å². The number of carbonyl (C=O) groups excluding carboxylic acids is 1. The number of aliphatic imine (C=N–C) groups is 1. The van der Waals surface area contributed by atoms with Crippen molar-refractivity contribution in [2.45, 2.75) is 19.4 Å². The Kier molecular flexibility index (Phi) is 9.28. The van der Waals surface area contributed by atoms with E-state index >= 15 is 0 Å². The maximum Gasteiger partial charge on any atom is 0.243 e. The minimum atomic E-state index is -0.127. The van der Waals surface area contributed by atoms with E-state index in [0.717, 1.165) is 13.0 Å². The number of methoxy groups -OCH3 is 1. The first-order chi connectivity index (χ1) is 8.11. The zero-order chi connectivity index (χ0) is 13.1. The van der Waals surface area contributed by atoms with Gasteiger partial charge in [0.1, 0.15) is 0 Å². The number of ether oxygens (including phenoxy) is 1. The fourth-order valence-corrected chi connectivity index (χ4v) is 1.10. The SMILES string of the molecule is CNC(=O)/C=C/C=N\CN(C)C(C)CCOC. The average molecular weight is 241 g/mol. The molecule has 0 aromatic rings. The fraction of sp³-hybridized carbons (Fsp3) is 0.667. The van der Waals surface area contributed by atoms with Crippen molar-refractivity contribution in [2.24, 2.45) is 4.99 Å². The number of rotatable bonds is 8. The quantitative estimate of drug-likeness (QED) is 0.502. The zero-order valence-corrected chi connectivity index (χ0v) is 11.1. The molecule has 1 N–H and O–H groups in total. The van der Waals surface area contributed by atoms with Gasteiger partial charge in [-0.1, -0.05) is 0 Å². The van der Waals surface area contributed by atoms with Crippen LogP contribution in [0.1, 0.15) is 13.3 Å². The number of nitrogens with zero attached hydrogens (tertiary/aromatic N) is 2. The van der Waals surface area contributed by atoms with E-state index in [1.54, 1.807) is 26.4 Å². The normalized spacial score (nSPS) is 13.7. The summed E-state index contributed by atoms with van der Waals surface area (Å²) in [4.78, 5) is 17.2. The van der Waals surface area contributed by atoms with Crippen LogP contribution in [0.5, 0.6) is 0 Å². The Labute approximate surface area is 104 Å². The molecule has 0 saturated heterocycles. The highest BCUT2D eigenvalue weighted by atomic mass is 16.5. The molecule has 17 heavy (non-hydrogen) atoms. The van der Waals surface area contributed by atoms with Crippen LogP contribution < -0.4 is 5.32 Å². The van der Waals surface area contributed by atoms with Crippen LogP contribution in [0.4, 0.5) is 0 Å². The molecule has 0 fully saturated rings. The van der Waals surface area contributed by atoms with Gasteiger partial charge in [-0.2, -0.15) is 0 Å². The van der Waals surface area contributed by atoms with Gasteiger partial charge in [-0.25, -0.2) is 0 Å². The van der Waals surface area contributed by atoms with E-state index in [0.29, 0.717) is 12.7 Å². The van der Waals surface area contributed by atoms with Gasteiger partial charge in [0, 0.05) is 39.1 Å². The number of amides is 1. The van der Waals surface area contributed by atoms with Gasteiger partial charge in [0.15, 0.2) is 0 Å². The van der Waals surface area contributed by atoms with E-state index in [1.807, 2.05) is 7.05 Å². The van der Waals surface area contributed by atoms with Crippen molar-refractivity contribution < 1.29 is 9.53 Å². The average Bonchev–Trinajstić information content (AvgIpc) is 2.34. The largest absolute Gasteiger partial charge is 0.385 e. The summed E-state index contributed by atoms with van der Waals surface area (Å²) in [6.45, 7) is 3.50. The molecule has 98 valence electrons. The monoisotopic (exact) mass is 241 g/mol. The zero-order valence-electron chi connectivity index (χ0n) is 11.1. The summed E-state index contributed by atoms with van der Waals surface area (Å²) in [6.07, 6.45) is 5.69. The van der Waals surface area contributed by atoms with Crippen LogP contribution in [-0.2, 0) is 9.53 Å². The van der Waals surface area contributed by atoms with Crippen molar-refractivity contribution in [3.05, 3.63) is 12.2 Å². The summed E-state index contributed by atoms with van der Waals surface area (Å²) in [7, 11) is 5.31. The van der Waals surface area contributed by atoms with Gasteiger partial charge in [0.25, 0.3) is 0 Å². The number of hydrogen-bond acceptors (Lipinski definition) is 4. The Morgan fingerprint density at radius 3 is 2.88 bits per heavy atom. The van der Waals surface area contributed by atoms with E-state index in [4.69, 9.17) is 4.74 Å². The van der Waals surface area contributed by atoms with Gasteiger partial charge in [0.05, 0.1) is 6.67 Å². The molecule has 0 radical (unpaired) electrons. The van der Waals surface area contributed by atoms with Gasteiger partial charge < -0.3 is 10.1 Å². The molecule has 5 heteroatoms. The lowest BCUT2D eigenvalue weighted by Gasteiger charge is -2.22. The maximum absolute atomic E-state index is 10.9. The van der Waals surface area contributed by atoms with Crippen LogP contribution in [0.25, 0.3) is 0 Å². The molecule has 0 aromatic carbocycles. The Hall–Kier alpha value is -1.20. The number of nitrogens with one attached hydrogen (secondary N) is 1. The highest BCUT2D eigenvalue weighted by molar-refractivity contribution is 5.91. The Bertz CT molecular complexity index is 264. The highest BCUT2D eigenvalue weighted by Crippen LogP contribution is 2.00. The van der Waals surface area contributed by atoms with Crippen LogP contribution in [0.2, 0.25) is 0 Å². The molecule has 0 spiro atoms. The maximum atomic E-state index is 10.9. The van der Waals surface area contributed by atoms with Gasteiger partial charge in [-0.05, 0) is 26.5 Å². The van der Waals surface area contributed by atoms with Crippen molar-refractivity contribution >= 4 is 12.1 Å². The van der Waals surface area contributed by atoms with Gasteiger partial charge in [-0.15, -0.1) is 0 Å². The van der Waals surface area contributed by atoms with E-state index < -0.39 is 0 Å². The molecule has 5 nitrogen and oxygen atoms in total. The number of likely N-dealkylation sites (N-methyl/N-ethyl adjacent to an activating group) is 1. The van der Waals surface area contributed by atoms with Crippen LogP contribution in [0.3, 0.4) is 0 Å². The number of allylic oxidation sites excluding steroid dienone is 1. The van der Waals surface area contributed by atoms with Crippen LogP contribution in [0.15, 0.2) is 17.1 Å². The number of carbonyl (C=O) groups is 1. The highest BCUT2D eigenvalue weighted by Gasteiger charge is 2.06. The molecular formula is C12H23N3O2. The second kappa shape index (κ2) is 9.99. The first kappa shape index (κ1) is 15.8. The van der Waals surface area contributed by atoms with Crippen molar-refractivity contribution in [3.8, 4) is 0 Å². The van der Waals surface area contributed by atoms with Crippen molar-refractivity contribution in [3.63, 3.8) is 0 Å². The van der Waals surface area contributed by atoms with Crippen LogP contribution >= 0.6 is 0 Å². The molecule has 0 aliphatic heterocycles. The molecular weight excluding hydrogens is 218 g/mol. The third-order valence-corrected chi connectivity index (χ3v) is 2.48. The Balaban J connectivity index is 3.82. The van der Waals surface area contributed by atoms with Crippen molar-refractivity contribution in [1.29, 1.82) is 0 Å². The summed E-state index contributed by atoms with van der Waals surface area (Å²) >= 11 is 0. The molecule has 0 aromatic heterocycles. The molecule has 1 unspecified atom stereocenters. The standard InChI is InChI=1S/C12H23N3O2/c1-11(7-9-17-4)15(3)10-14-8-5-6-12(16)13-2/h5-6,8,11H,7,9-10H2,1-4H3,(H,13,16)/b6-5+,14-8-. The first-order valence-electron chi connectivity index (χ1n) is 5.69. The Morgan fingerprint density at radius 2 is 2.29 bits per heavy atom. The van der Waals surface area contributed by atoms with E-state index in [1.165, 1.54) is 6.08 Å². The Morgan fingerprint density at radius 1 is 1.59 bits per heavy atom. The molecule has 1 atom stereocenters. The van der Waals surface area contributed by atoms with Gasteiger partial charge in [0.2, 0.25) is 5.91 Å². The topological polar surface area (TPSA) is 53.9 Å². The minimum Gasteiger partial charge on any atom is -0.385 e. The summed E-state index contributed by atoms with van der Waals surface area (Å²) in [6, 6.07) is 0.426. The molecule has 1 amide bonds. The summed E-state index contributed by atoms with van der Waals surface area (Å²) in [5, 5.41) is 2.49. The van der Waals surface area contributed by atoms with Gasteiger partial charge >= 0.3 is 0 Å². The molecule has 0 bridgehead atoms. The van der Waals surface area contributed by atoms with E-state index in [2.05, 4.69) is 22.1 Å². The molecule has 0 saturated carbocycles. The van der Waals surface area contributed by atoms with Gasteiger partial charge in [-0.3, -0.25) is 14.7 Å². The molecule has 0 rings (SSSR count). The first-order valence-corrected chi connectivity index (χ1v) is 5.69. The smallest absolute Gasteiger partial charge is 0.243 e. The summed E-state index contributed by atoms with van der Waals surface area (Å²) < 4.78 is 5.02. The molecule has 0 heterocycles. The lowest BCUT2D eigenvalue weighted by atomic mass is 10.2. The fourth-order valence-electron chi connectivity index (χ4n) is 1.10. The predicted molar refractivity (Wildman–Crippen MR) is 70.3 cm³/mol.